The first-order chi connectivity index (χ1) is 19.4. The Morgan fingerprint density at radius 2 is 2.00 bits per heavy atom. The summed E-state index contributed by atoms with van der Waals surface area (Å²) in [5, 5.41) is 10.6. The second-order valence-corrected chi connectivity index (χ2v) is 12.4. The van der Waals surface area contributed by atoms with E-state index in [-0.39, 0.29) is 43.4 Å². The highest BCUT2D eigenvalue weighted by atomic mass is 16.6. The van der Waals surface area contributed by atoms with Gasteiger partial charge in [-0.15, -0.1) is 13.2 Å². The van der Waals surface area contributed by atoms with Crippen LogP contribution in [0.25, 0.3) is 0 Å². The maximum Gasteiger partial charge on any atom is 0.312 e. The number of esters is 1. The van der Waals surface area contributed by atoms with Crippen molar-refractivity contribution in [3.8, 4) is 0 Å². The molecule has 8 atom stereocenters. The number of benzene rings is 1. The SMILES string of the molecule is C=CCCOC(=O)[C@@H]1[C@H]2C(=O)N([C@@H](CO)[C@@H](C)CC)C(C(=O)N(CC=C)c3cc(C)ccc3C)C23CC(C)[C@@]1(C)O3. The van der Waals surface area contributed by atoms with E-state index in [9.17, 15) is 19.5 Å². The topological polar surface area (TPSA) is 96.4 Å². The normalized spacial score (nSPS) is 31.5. The third kappa shape index (κ3) is 4.83. The Hall–Kier alpha value is -2.97. The molecule has 1 spiro atoms. The van der Waals surface area contributed by atoms with Gasteiger partial charge < -0.3 is 24.4 Å². The molecule has 0 saturated carbocycles. The maximum atomic E-state index is 14.9. The predicted octanol–water partition coefficient (Wildman–Crippen LogP) is 4.36. The minimum Gasteiger partial charge on any atom is -0.465 e. The Morgan fingerprint density at radius 1 is 1.29 bits per heavy atom. The van der Waals surface area contributed by atoms with Crippen LogP contribution in [-0.4, -0.2) is 70.8 Å². The van der Waals surface area contributed by atoms with Gasteiger partial charge in [-0.1, -0.05) is 51.5 Å². The number of carbonyl (C=O) groups excluding carboxylic acids is 3. The number of aryl methyl sites for hydroxylation is 2. The van der Waals surface area contributed by atoms with Crippen molar-refractivity contribution in [3.05, 3.63) is 54.6 Å². The van der Waals surface area contributed by atoms with Gasteiger partial charge in [0, 0.05) is 12.2 Å². The number of rotatable bonds is 12. The molecular weight excluding hydrogens is 520 g/mol. The van der Waals surface area contributed by atoms with Crippen LogP contribution in [0.2, 0.25) is 0 Å². The number of ether oxygens (including phenoxy) is 2. The third-order valence-corrected chi connectivity index (χ3v) is 9.88. The highest BCUT2D eigenvalue weighted by molar-refractivity contribution is 6.05. The van der Waals surface area contributed by atoms with Crippen molar-refractivity contribution in [1.29, 1.82) is 0 Å². The van der Waals surface area contributed by atoms with Crippen molar-refractivity contribution in [2.75, 3.05) is 24.7 Å². The summed E-state index contributed by atoms with van der Waals surface area (Å²) in [5.74, 6) is -3.08. The van der Waals surface area contributed by atoms with Crippen LogP contribution in [-0.2, 0) is 23.9 Å². The number of nitrogens with zero attached hydrogens (tertiary/aromatic N) is 2. The fourth-order valence-corrected chi connectivity index (χ4v) is 7.41. The summed E-state index contributed by atoms with van der Waals surface area (Å²) < 4.78 is 12.5. The van der Waals surface area contributed by atoms with Gasteiger partial charge in [0.15, 0.2) is 0 Å². The number of aliphatic hydroxyl groups excluding tert-OH is 1. The lowest BCUT2D eigenvalue weighted by atomic mass is 9.62. The van der Waals surface area contributed by atoms with Gasteiger partial charge in [-0.3, -0.25) is 14.4 Å². The van der Waals surface area contributed by atoms with Gasteiger partial charge in [-0.2, -0.15) is 0 Å². The lowest BCUT2D eigenvalue weighted by Gasteiger charge is -2.41. The van der Waals surface area contributed by atoms with E-state index in [0.717, 1.165) is 16.8 Å². The van der Waals surface area contributed by atoms with Crippen LogP contribution in [0, 0.1) is 37.5 Å². The summed E-state index contributed by atoms with van der Waals surface area (Å²) in [6.45, 7) is 19.4. The Kier molecular flexibility index (Phi) is 8.86. The van der Waals surface area contributed by atoms with E-state index in [4.69, 9.17) is 9.47 Å². The van der Waals surface area contributed by atoms with E-state index >= 15 is 0 Å². The van der Waals surface area contributed by atoms with E-state index in [1.165, 1.54) is 0 Å². The fourth-order valence-electron chi connectivity index (χ4n) is 7.41. The molecule has 1 aromatic carbocycles. The van der Waals surface area contributed by atoms with E-state index in [1.54, 1.807) is 22.0 Å². The number of likely N-dealkylation sites (tertiary alicyclic amines) is 1. The molecule has 3 saturated heterocycles. The molecule has 1 aromatic rings. The van der Waals surface area contributed by atoms with E-state index < -0.39 is 41.1 Å². The first-order valence-corrected chi connectivity index (χ1v) is 14.8. The molecule has 3 unspecified atom stereocenters. The standard InChI is InChI=1S/C33H46N2O6/c1-9-12-16-40-31(39)27-26-29(37)35(25(19-36)21(5)11-3)28(33(26)18-23(7)32(27,8)41-33)30(38)34(15-10-2)24-17-20(4)13-14-22(24)6/h9-10,13-14,17,21,23,25-28,36H,1-2,11-12,15-16,18-19H2,3-8H3/t21-,23?,25-,26-,27-,28?,32+,33?/m0/s1. The number of hydrogen-bond acceptors (Lipinski definition) is 6. The Morgan fingerprint density at radius 3 is 2.61 bits per heavy atom. The number of aliphatic hydroxyl groups is 1. The molecule has 3 aliphatic heterocycles. The average Bonchev–Trinajstić information content (AvgIpc) is 3.45. The van der Waals surface area contributed by atoms with Crippen LogP contribution < -0.4 is 4.90 Å². The molecule has 8 nitrogen and oxygen atoms in total. The minimum atomic E-state index is -1.23. The highest BCUT2D eigenvalue weighted by Crippen LogP contribution is 2.66. The van der Waals surface area contributed by atoms with Gasteiger partial charge in [0.05, 0.1) is 30.8 Å². The number of carbonyl (C=O) groups is 3. The lowest BCUT2D eigenvalue weighted by Crippen LogP contribution is -2.60. The smallest absolute Gasteiger partial charge is 0.312 e. The van der Waals surface area contributed by atoms with Gasteiger partial charge in [-0.25, -0.2) is 0 Å². The van der Waals surface area contributed by atoms with Crippen molar-refractivity contribution < 1.29 is 29.0 Å². The first kappa shape index (κ1) is 31.0. The molecule has 2 amide bonds. The number of hydrogen-bond donors (Lipinski definition) is 1. The maximum absolute atomic E-state index is 14.9. The van der Waals surface area contributed by atoms with Crippen molar-refractivity contribution in [3.63, 3.8) is 0 Å². The molecule has 3 fully saturated rings. The summed E-state index contributed by atoms with van der Waals surface area (Å²) in [6.07, 6.45) is 4.98. The van der Waals surface area contributed by atoms with Gasteiger partial charge in [0.1, 0.15) is 17.6 Å². The Balaban J connectivity index is 1.89. The Labute approximate surface area is 244 Å². The monoisotopic (exact) mass is 566 g/mol. The molecule has 0 aromatic heterocycles. The van der Waals surface area contributed by atoms with Crippen LogP contribution in [0.4, 0.5) is 5.69 Å². The third-order valence-electron chi connectivity index (χ3n) is 9.88. The first-order valence-electron chi connectivity index (χ1n) is 14.8. The van der Waals surface area contributed by atoms with Gasteiger partial charge in [0.25, 0.3) is 5.91 Å². The van der Waals surface area contributed by atoms with Crippen molar-refractivity contribution in [2.24, 2.45) is 23.7 Å². The molecule has 2 bridgehead atoms. The molecular formula is C33H46N2O6. The number of fused-ring (bicyclic) bond motifs is 1. The molecule has 4 rings (SSSR count). The van der Waals surface area contributed by atoms with E-state index in [2.05, 4.69) is 13.2 Å². The van der Waals surface area contributed by atoms with Gasteiger partial charge >= 0.3 is 5.97 Å². The summed E-state index contributed by atoms with van der Waals surface area (Å²) in [5.41, 5.74) is 0.444. The summed E-state index contributed by atoms with van der Waals surface area (Å²) in [7, 11) is 0. The highest BCUT2D eigenvalue weighted by Gasteiger charge is 2.81. The molecule has 224 valence electrons. The predicted molar refractivity (Wildman–Crippen MR) is 158 cm³/mol. The van der Waals surface area contributed by atoms with Crippen molar-refractivity contribution in [1.82, 2.24) is 4.90 Å². The second kappa shape index (κ2) is 11.7. The number of anilines is 1. The van der Waals surface area contributed by atoms with Crippen LogP contribution in [0.3, 0.4) is 0 Å². The quantitative estimate of drug-likeness (QED) is 0.230. The van der Waals surface area contributed by atoms with Crippen LogP contribution >= 0.6 is 0 Å². The summed E-state index contributed by atoms with van der Waals surface area (Å²) in [6, 6.07) is 4.28. The zero-order valence-corrected chi connectivity index (χ0v) is 25.4. The summed E-state index contributed by atoms with van der Waals surface area (Å²) in [4.78, 5) is 46.3. The molecule has 3 aliphatic rings. The summed E-state index contributed by atoms with van der Waals surface area (Å²) >= 11 is 0. The van der Waals surface area contributed by atoms with Crippen molar-refractivity contribution in [2.45, 2.75) is 84.1 Å². The molecule has 0 radical (unpaired) electrons. The molecule has 41 heavy (non-hydrogen) atoms. The van der Waals surface area contributed by atoms with Gasteiger partial charge in [0.2, 0.25) is 5.91 Å². The van der Waals surface area contributed by atoms with E-state index in [0.29, 0.717) is 19.3 Å². The Bertz CT molecular complexity index is 1210. The molecule has 0 aliphatic carbocycles. The van der Waals surface area contributed by atoms with Gasteiger partial charge in [-0.05, 0) is 62.6 Å². The van der Waals surface area contributed by atoms with Crippen LogP contribution in [0.15, 0.2) is 43.5 Å². The molecule has 1 N–H and O–H groups in total. The molecule has 8 heteroatoms. The lowest BCUT2D eigenvalue weighted by molar-refractivity contribution is -0.162. The largest absolute Gasteiger partial charge is 0.465 e. The van der Waals surface area contributed by atoms with Crippen molar-refractivity contribution >= 4 is 23.5 Å². The fraction of sp³-hybridized carbons (Fsp3) is 0.606. The average molecular weight is 567 g/mol. The zero-order chi connectivity index (χ0) is 30.3. The number of amides is 2. The molecule has 3 heterocycles. The van der Waals surface area contributed by atoms with E-state index in [1.807, 2.05) is 59.7 Å². The van der Waals surface area contributed by atoms with Crippen LogP contribution in [0.5, 0.6) is 0 Å². The van der Waals surface area contributed by atoms with Crippen LogP contribution in [0.1, 0.15) is 58.1 Å². The zero-order valence-electron chi connectivity index (χ0n) is 25.4. The minimum absolute atomic E-state index is 0.0914. The second-order valence-electron chi connectivity index (χ2n) is 12.4.